The van der Waals surface area contributed by atoms with Crippen molar-refractivity contribution in [3.05, 3.63) is 0 Å². The molecular weight excluding hydrogens is 142 g/mol. The summed E-state index contributed by atoms with van der Waals surface area (Å²) in [4.78, 5) is 10.7. The number of hydrogen-bond acceptors (Lipinski definition) is 2. The minimum Gasteiger partial charge on any atom is -0.446 e. The molecule has 3 nitrogen and oxygen atoms in total. The van der Waals surface area contributed by atoms with Gasteiger partial charge in [-0.1, -0.05) is 20.3 Å². The maximum Gasteiger partial charge on any atom is 0.407 e. The van der Waals surface area contributed by atoms with Crippen molar-refractivity contribution in [2.24, 2.45) is 5.92 Å². The van der Waals surface area contributed by atoms with Gasteiger partial charge in [0.2, 0.25) is 0 Å². The Labute approximate surface area is 68.1 Å². The summed E-state index contributed by atoms with van der Waals surface area (Å²) in [5.74, 6) is 0.423. The highest BCUT2D eigenvalue weighted by molar-refractivity contribution is 5.66. The molecule has 66 valence electrons. The number of carbonyl (C=O) groups is 1. The van der Waals surface area contributed by atoms with Gasteiger partial charge < -0.3 is 10.1 Å². The van der Waals surface area contributed by atoms with Gasteiger partial charge in [-0.3, -0.25) is 0 Å². The van der Waals surface area contributed by atoms with Crippen LogP contribution in [0.3, 0.4) is 0 Å². The second-order valence-electron chi connectivity index (χ2n) is 2.75. The first-order valence-electron chi connectivity index (χ1n) is 4.00. The van der Waals surface area contributed by atoms with Gasteiger partial charge in [0, 0.05) is 7.05 Å². The smallest absolute Gasteiger partial charge is 0.407 e. The summed E-state index contributed by atoms with van der Waals surface area (Å²) in [5.41, 5.74) is 0. The lowest BCUT2D eigenvalue weighted by Gasteiger charge is -2.18. The first-order chi connectivity index (χ1) is 5.11. The molecule has 2 atom stereocenters. The molecule has 0 saturated heterocycles. The molecule has 0 aromatic rings. The van der Waals surface area contributed by atoms with Crippen LogP contribution < -0.4 is 5.32 Å². The van der Waals surface area contributed by atoms with Crippen LogP contribution in [0.1, 0.15) is 27.2 Å². The lowest BCUT2D eigenvalue weighted by molar-refractivity contribution is 0.0779. The van der Waals surface area contributed by atoms with E-state index in [9.17, 15) is 4.79 Å². The molecule has 0 fully saturated rings. The molecule has 11 heavy (non-hydrogen) atoms. The van der Waals surface area contributed by atoms with Crippen LogP contribution in [0.4, 0.5) is 4.79 Å². The van der Waals surface area contributed by atoms with E-state index in [2.05, 4.69) is 19.2 Å². The number of rotatable bonds is 3. The van der Waals surface area contributed by atoms with E-state index in [4.69, 9.17) is 4.74 Å². The van der Waals surface area contributed by atoms with Crippen LogP contribution in [0.2, 0.25) is 0 Å². The van der Waals surface area contributed by atoms with Crippen LogP contribution in [-0.4, -0.2) is 19.2 Å². The van der Waals surface area contributed by atoms with Crippen LogP contribution in [0.15, 0.2) is 0 Å². The lowest BCUT2D eigenvalue weighted by atomic mass is 10.0. The average Bonchev–Trinajstić information content (AvgIpc) is 2.02. The van der Waals surface area contributed by atoms with Crippen molar-refractivity contribution in [2.45, 2.75) is 33.3 Å². The number of hydrogen-bond donors (Lipinski definition) is 1. The molecule has 0 aromatic carbocycles. The fourth-order valence-corrected chi connectivity index (χ4v) is 0.676. The Morgan fingerprint density at radius 1 is 1.55 bits per heavy atom. The van der Waals surface area contributed by atoms with Gasteiger partial charge in [0.05, 0.1) is 0 Å². The first-order valence-corrected chi connectivity index (χ1v) is 4.00. The third-order valence-electron chi connectivity index (χ3n) is 1.94. The highest BCUT2D eigenvalue weighted by atomic mass is 16.6. The van der Waals surface area contributed by atoms with Crippen molar-refractivity contribution in [3.63, 3.8) is 0 Å². The molecule has 0 aliphatic heterocycles. The maximum atomic E-state index is 10.7. The first kappa shape index (κ1) is 10.3. The summed E-state index contributed by atoms with van der Waals surface area (Å²) in [6.45, 7) is 6.05. The minimum atomic E-state index is -0.349. The largest absolute Gasteiger partial charge is 0.446 e. The third-order valence-corrected chi connectivity index (χ3v) is 1.94. The third kappa shape index (κ3) is 3.86. The molecule has 0 heterocycles. The fourth-order valence-electron chi connectivity index (χ4n) is 0.676. The zero-order valence-corrected chi connectivity index (χ0v) is 7.68. The molecule has 0 aliphatic rings. The molecule has 3 heteroatoms. The van der Waals surface area contributed by atoms with Crippen LogP contribution in [0, 0.1) is 5.92 Å². The van der Waals surface area contributed by atoms with Gasteiger partial charge in [-0.05, 0) is 12.8 Å². The molecule has 2 unspecified atom stereocenters. The van der Waals surface area contributed by atoms with Crippen molar-refractivity contribution in [2.75, 3.05) is 7.05 Å². The summed E-state index contributed by atoms with van der Waals surface area (Å²) >= 11 is 0. The fraction of sp³-hybridized carbons (Fsp3) is 0.875. The molecular formula is C8H17NO2. The molecule has 1 amide bonds. The SMILES string of the molecule is CCC(C)C(C)OC(=O)NC. The van der Waals surface area contributed by atoms with Crippen LogP contribution >= 0.6 is 0 Å². The molecule has 0 bridgehead atoms. The quantitative estimate of drug-likeness (QED) is 0.681. The predicted molar refractivity (Wildman–Crippen MR) is 44.5 cm³/mol. The highest BCUT2D eigenvalue weighted by Gasteiger charge is 2.13. The van der Waals surface area contributed by atoms with Crippen molar-refractivity contribution in [3.8, 4) is 0 Å². The van der Waals surface area contributed by atoms with Gasteiger partial charge in [0.15, 0.2) is 0 Å². The van der Waals surface area contributed by atoms with Crippen molar-refractivity contribution in [1.29, 1.82) is 0 Å². The number of carbonyl (C=O) groups excluding carboxylic acids is 1. The van der Waals surface area contributed by atoms with Crippen LogP contribution in [0.25, 0.3) is 0 Å². The molecule has 0 rings (SSSR count). The second kappa shape index (κ2) is 4.99. The Balaban J connectivity index is 3.67. The Morgan fingerprint density at radius 2 is 2.09 bits per heavy atom. The van der Waals surface area contributed by atoms with E-state index < -0.39 is 0 Å². The van der Waals surface area contributed by atoms with E-state index in [0.29, 0.717) is 5.92 Å². The molecule has 0 aliphatic carbocycles. The number of ether oxygens (including phenoxy) is 1. The van der Waals surface area contributed by atoms with Gasteiger partial charge >= 0.3 is 6.09 Å². The minimum absolute atomic E-state index is 0.0000463. The Morgan fingerprint density at radius 3 is 2.45 bits per heavy atom. The van der Waals surface area contributed by atoms with Gasteiger partial charge in [-0.15, -0.1) is 0 Å². The van der Waals surface area contributed by atoms with E-state index in [1.807, 2.05) is 6.92 Å². The standard InChI is InChI=1S/C8H17NO2/c1-5-6(2)7(3)11-8(10)9-4/h6-7H,5H2,1-4H3,(H,9,10). The van der Waals surface area contributed by atoms with Gasteiger partial charge in [-0.25, -0.2) is 4.79 Å². The molecule has 0 radical (unpaired) electrons. The van der Waals surface area contributed by atoms with E-state index in [1.54, 1.807) is 7.05 Å². The number of alkyl carbamates (subject to hydrolysis) is 1. The summed E-state index contributed by atoms with van der Waals surface area (Å²) in [6, 6.07) is 0. The molecule has 0 aromatic heterocycles. The summed E-state index contributed by atoms with van der Waals surface area (Å²) in [6.07, 6.45) is 0.677. The van der Waals surface area contributed by atoms with Crippen molar-refractivity contribution in [1.82, 2.24) is 5.32 Å². The normalized spacial score (nSPS) is 15.3. The van der Waals surface area contributed by atoms with Crippen molar-refractivity contribution < 1.29 is 9.53 Å². The monoisotopic (exact) mass is 159 g/mol. The topological polar surface area (TPSA) is 38.3 Å². The lowest BCUT2D eigenvalue weighted by Crippen LogP contribution is -2.27. The van der Waals surface area contributed by atoms with Gasteiger partial charge in [0.1, 0.15) is 6.10 Å². The zero-order chi connectivity index (χ0) is 8.85. The summed E-state index contributed by atoms with van der Waals surface area (Å²) in [5, 5.41) is 2.41. The van der Waals surface area contributed by atoms with Crippen molar-refractivity contribution >= 4 is 6.09 Å². The summed E-state index contributed by atoms with van der Waals surface area (Å²) in [7, 11) is 1.56. The predicted octanol–water partition coefficient (Wildman–Crippen LogP) is 1.78. The maximum absolute atomic E-state index is 10.7. The zero-order valence-electron chi connectivity index (χ0n) is 7.68. The number of nitrogens with one attached hydrogen (secondary N) is 1. The van der Waals surface area contributed by atoms with E-state index in [0.717, 1.165) is 6.42 Å². The average molecular weight is 159 g/mol. The highest BCUT2D eigenvalue weighted by Crippen LogP contribution is 2.10. The Kier molecular flexibility index (Phi) is 4.66. The molecule has 0 spiro atoms. The van der Waals surface area contributed by atoms with Gasteiger partial charge in [0.25, 0.3) is 0 Å². The summed E-state index contributed by atoms with van der Waals surface area (Å²) < 4.78 is 5.00. The number of amides is 1. The van der Waals surface area contributed by atoms with Gasteiger partial charge in [-0.2, -0.15) is 0 Å². The van der Waals surface area contributed by atoms with Crippen LogP contribution in [0.5, 0.6) is 0 Å². The Hall–Kier alpha value is -0.730. The van der Waals surface area contributed by atoms with Crippen LogP contribution in [-0.2, 0) is 4.74 Å². The van der Waals surface area contributed by atoms with E-state index in [1.165, 1.54) is 0 Å². The van der Waals surface area contributed by atoms with E-state index >= 15 is 0 Å². The second-order valence-corrected chi connectivity index (χ2v) is 2.75. The molecule has 1 N–H and O–H groups in total. The Bertz CT molecular complexity index is 125. The van der Waals surface area contributed by atoms with E-state index in [-0.39, 0.29) is 12.2 Å². The molecule has 0 saturated carbocycles.